The third kappa shape index (κ3) is 1.99. The maximum absolute atomic E-state index is 6.10. The Hall–Kier alpha value is -1.16. The van der Waals surface area contributed by atoms with E-state index >= 15 is 0 Å². The smallest absolute Gasteiger partial charge is 0.162 e. The molecule has 1 aliphatic carbocycles. The first kappa shape index (κ1) is 11.9. The number of hydrogen-bond acceptors (Lipinski definition) is 4. The molecule has 4 nitrogen and oxygen atoms in total. The minimum absolute atomic E-state index is 0.334. The normalized spacial score (nSPS) is 27.8. The predicted octanol–water partition coefficient (Wildman–Crippen LogP) is 2.35. The maximum atomic E-state index is 6.10. The summed E-state index contributed by atoms with van der Waals surface area (Å²) in [5.74, 6) is 1.46. The zero-order valence-electron chi connectivity index (χ0n) is 11.0. The first-order valence-corrected chi connectivity index (χ1v) is 6.99. The van der Waals surface area contributed by atoms with Crippen molar-refractivity contribution in [2.45, 2.75) is 57.5 Å². The van der Waals surface area contributed by atoms with Crippen molar-refractivity contribution in [3.63, 3.8) is 0 Å². The SMILES string of the molecule is CC1(c2nc(N)c3c(n2)CCCC3)CCCCO1. The topological polar surface area (TPSA) is 61.0 Å². The first-order chi connectivity index (χ1) is 8.69. The van der Waals surface area contributed by atoms with Gasteiger partial charge in [0.1, 0.15) is 11.4 Å². The van der Waals surface area contributed by atoms with E-state index in [4.69, 9.17) is 15.5 Å². The van der Waals surface area contributed by atoms with Crippen LogP contribution in [0.2, 0.25) is 0 Å². The quantitative estimate of drug-likeness (QED) is 0.827. The Bertz CT molecular complexity index is 453. The zero-order valence-corrected chi connectivity index (χ0v) is 11.0. The lowest BCUT2D eigenvalue weighted by molar-refractivity contribution is -0.0761. The van der Waals surface area contributed by atoms with E-state index in [1.54, 1.807) is 0 Å². The summed E-state index contributed by atoms with van der Waals surface area (Å²) in [5.41, 5.74) is 8.09. The highest BCUT2D eigenvalue weighted by molar-refractivity contribution is 5.44. The van der Waals surface area contributed by atoms with Crippen LogP contribution >= 0.6 is 0 Å². The van der Waals surface area contributed by atoms with Crippen molar-refractivity contribution in [2.24, 2.45) is 0 Å². The van der Waals surface area contributed by atoms with Crippen LogP contribution in [0.5, 0.6) is 0 Å². The molecular formula is C14H21N3O. The molecule has 2 aliphatic rings. The van der Waals surface area contributed by atoms with Crippen molar-refractivity contribution in [1.29, 1.82) is 0 Å². The van der Waals surface area contributed by atoms with Gasteiger partial charge in [0.2, 0.25) is 0 Å². The molecule has 1 aromatic heterocycles. The maximum Gasteiger partial charge on any atom is 0.162 e. The molecule has 1 aliphatic heterocycles. The van der Waals surface area contributed by atoms with Gasteiger partial charge in [-0.2, -0.15) is 0 Å². The van der Waals surface area contributed by atoms with Crippen LogP contribution in [0.4, 0.5) is 5.82 Å². The fourth-order valence-electron chi connectivity index (χ4n) is 2.97. The van der Waals surface area contributed by atoms with Crippen LogP contribution in [0.15, 0.2) is 0 Å². The van der Waals surface area contributed by atoms with Gasteiger partial charge in [-0.1, -0.05) is 0 Å². The molecule has 0 spiro atoms. The standard InChI is InChI=1S/C14H21N3O/c1-14(8-4-5-9-18-14)13-16-11-7-3-2-6-10(11)12(15)17-13/h2-9H2,1H3,(H2,15,16,17). The van der Waals surface area contributed by atoms with Crippen molar-refractivity contribution in [2.75, 3.05) is 12.3 Å². The second kappa shape index (κ2) is 4.50. The summed E-state index contributed by atoms with van der Waals surface area (Å²) in [4.78, 5) is 9.28. The molecule has 0 radical (unpaired) electrons. The molecule has 3 rings (SSSR count). The van der Waals surface area contributed by atoms with Gasteiger partial charge < -0.3 is 10.5 Å². The highest BCUT2D eigenvalue weighted by Gasteiger charge is 2.34. The number of fused-ring (bicyclic) bond motifs is 1. The van der Waals surface area contributed by atoms with Gasteiger partial charge in [-0.15, -0.1) is 0 Å². The van der Waals surface area contributed by atoms with Gasteiger partial charge in [-0.3, -0.25) is 0 Å². The molecule has 1 unspecified atom stereocenters. The molecule has 0 bridgehead atoms. The van der Waals surface area contributed by atoms with Crippen molar-refractivity contribution < 1.29 is 4.74 Å². The van der Waals surface area contributed by atoms with Crippen molar-refractivity contribution in [1.82, 2.24) is 9.97 Å². The molecule has 4 heteroatoms. The van der Waals surface area contributed by atoms with Gasteiger partial charge in [0.25, 0.3) is 0 Å². The Balaban J connectivity index is 1.99. The number of nitrogens with zero attached hydrogens (tertiary/aromatic N) is 2. The fourth-order valence-corrected chi connectivity index (χ4v) is 2.97. The van der Waals surface area contributed by atoms with E-state index in [2.05, 4.69) is 11.9 Å². The van der Waals surface area contributed by atoms with Crippen LogP contribution in [0, 0.1) is 0 Å². The molecule has 0 amide bonds. The van der Waals surface area contributed by atoms with Crippen LogP contribution in [-0.2, 0) is 23.2 Å². The molecule has 1 fully saturated rings. The Morgan fingerprint density at radius 1 is 1.11 bits per heavy atom. The van der Waals surface area contributed by atoms with Gasteiger partial charge in [-0.25, -0.2) is 9.97 Å². The predicted molar refractivity (Wildman–Crippen MR) is 70.2 cm³/mol. The second-order valence-electron chi connectivity index (χ2n) is 5.60. The van der Waals surface area contributed by atoms with E-state index in [-0.39, 0.29) is 5.60 Å². The number of aryl methyl sites for hydroxylation is 1. The summed E-state index contributed by atoms with van der Waals surface area (Å²) in [6.07, 6.45) is 7.77. The van der Waals surface area contributed by atoms with Gasteiger partial charge >= 0.3 is 0 Å². The van der Waals surface area contributed by atoms with Gasteiger partial charge in [0.15, 0.2) is 5.82 Å². The summed E-state index contributed by atoms with van der Waals surface area (Å²) in [5, 5.41) is 0. The summed E-state index contributed by atoms with van der Waals surface area (Å²) < 4.78 is 5.92. The number of anilines is 1. The largest absolute Gasteiger partial charge is 0.383 e. The van der Waals surface area contributed by atoms with Crippen LogP contribution in [0.1, 0.15) is 56.1 Å². The Labute approximate surface area is 108 Å². The Morgan fingerprint density at radius 3 is 2.72 bits per heavy atom. The van der Waals surface area contributed by atoms with E-state index in [0.717, 1.165) is 43.8 Å². The van der Waals surface area contributed by atoms with E-state index in [0.29, 0.717) is 5.82 Å². The number of nitrogens with two attached hydrogens (primary N) is 1. The molecule has 18 heavy (non-hydrogen) atoms. The third-order valence-corrected chi connectivity index (χ3v) is 4.16. The molecule has 2 N–H and O–H groups in total. The Morgan fingerprint density at radius 2 is 1.94 bits per heavy atom. The number of ether oxygens (including phenoxy) is 1. The second-order valence-corrected chi connectivity index (χ2v) is 5.60. The minimum atomic E-state index is -0.334. The highest BCUT2D eigenvalue weighted by Crippen LogP contribution is 2.34. The summed E-state index contributed by atoms with van der Waals surface area (Å²) in [7, 11) is 0. The summed E-state index contributed by atoms with van der Waals surface area (Å²) >= 11 is 0. The van der Waals surface area contributed by atoms with Gasteiger partial charge in [0, 0.05) is 17.9 Å². The minimum Gasteiger partial charge on any atom is -0.383 e. The lowest BCUT2D eigenvalue weighted by Crippen LogP contribution is -2.33. The van der Waals surface area contributed by atoms with E-state index in [1.807, 2.05) is 0 Å². The number of aromatic nitrogens is 2. The molecule has 1 aromatic rings. The molecule has 1 saturated heterocycles. The average molecular weight is 247 g/mol. The van der Waals surface area contributed by atoms with E-state index < -0.39 is 0 Å². The number of rotatable bonds is 1. The van der Waals surface area contributed by atoms with Crippen LogP contribution < -0.4 is 5.73 Å². The molecule has 98 valence electrons. The van der Waals surface area contributed by atoms with E-state index in [9.17, 15) is 0 Å². The number of hydrogen-bond donors (Lipinski definition) is 1. The molecule has 0 aromatic carbocycles. The molecular weight excluding hydrogens is 226 g/mol. The zero-order chi connectivity index (χ0) is 12.6. The monoisotopic (exact) mass is 247 g/mol. The van der Waals surface area contributed by atoms with E-state index in [1.165, 1.54) is 24.8 Å². The van der Waals surface area contributed by atoms with Crippen molar-refractivity contribution in [3.8, 4) is 0 Å². The van der Waals surface area contributed by atoms with Gasteiger partial charge in [-0.05, 0) is 51.9 Å². The average Bonchev–Trinajstić information content (AvgIpc) is 2.39. The van der Waals surface area contributed by atoms with Crippen molar-refractivity contribution >= 4 is 5.82 Å². The van der Waals surface area contributed by atoms with Gasteiger partial charge in [0.05, 0.1) is 0 Å². The summed E-state index contributed by atoms with van der Waals surface area (Å²) in [6, 6.07) is 0. The van der Waals surface area contributed by atoms with Crippen LogP contribution in [0.3, 0.4) is 0 Å². The molecule has 0 saturated carbocycles. The lowest BCUT2D eigenvalue weighted by atomic mass is 9.92. The van der Waals surface area contributed by atoms with Crippen LogP contribution in [0.25, 0.3) is 0 Å². The highest BCUT2D eigenvalue weighted by atomic mass is 16.5. The summed E-state index contributed by atoms with van der Waals surface area (Å²) in [6.45, 7) is 2.90. The lowest BCUT2D eigenvalue weighted by Gasteiger charge is -2.33. The molecule has 1 atom stereocenters. The fraction of sp³-hybridized carbons (Fsp3) is 0.714. The Kier molecular flexibility index (Phi) is 2.98. The molecule has 2 heterocycles. The van der Waals surface area contributed by atoms with Crippen LogP contribution in [-0.4, -0.2) is 16.6 Å². The number of nitrogen functional groups attached to an aromatic ring is 1. The first-order valence-electron chi connectivity index (χ1n) is 6.99. The third-order valence-electron chi connectivity index (χ3n) is 4.16. The van der Waals surface area contributed by atoms with Crippen molar-refractivity contribution in [3.05, 3.63) is 17.1 Å².